The molecular formula is C21H25FN4O3. The molecule has 1 aromatic heterocycles. The number of carbonyl (C=O) groups is 1. The van der Waals surface area contributed by atoms with E-state index >= 15 is 0 Å². The summed E-state index contributed by atoms with van der Waals surface area (Å²) in [5.41, 5.74) is 7.01. The summed E-state index contributed by atoms with van der Waals surface area (Å²) in [6.45, 7) is 5.80. The lowest BCUT2D eigenvalue weighted by molar-refractivity contribution is -0.119. The Balaban J connectivity index is 1.88. The van der Waals surface area contributed by atoms with Crippen LogP contribution in [0.2, 0.25) is 0 Å². The van der Waals surface area contributed by atoms with Gasteiger partial charge in [0.2, 0.25) is 5.91 Å². The Kier molecular flexibility index (Phi) is 6.79. The van der Waals surface area contributed by atoms with Crippen molar-refractivity contribution in [3.05, 3.63) is 54.1 Å². The quantitative estimate of drug-likeness (QED) is 0.511. The van der Waals surface area contributed by atoms with Crippen molar-refractivity contribution < 1.29 is 18.7 Å². The number of hydrogen-bond acceptors (Lipinski definition) is 5. The molecule has 3 aromatic rings. The Morgan fingerprint density at radius 2 is 1.97 bits per heavy atom. The summed E-state index contributed by atoms with van der Waals surface area (Å²) in [4.78, 5) is 16.0. The second-order valence-corrected chi connectivity index (χ2v) is 6.59. The predicted octanol–water partition coefficient (Wildman–Crippen LogP) is 2.97. The van der Waals surface area contributed by atoms with Crippen LogP contribution in [-0.4, -0.2) is 34.7 Å². The second-order valence-electron chi connectivity index (χ2n) is 6.59. The molecule has 0 aliphatic rings. The molecule has 0 fully saturated rings. The van der Waals surface area contributed by atoms with Crippen LogP contribution in [-0.2, 0) is 22.6 Å². The first-order valence-electron chi connectivity index (χ1n) is 9.51. The summed E-state index contributed by atoms with van der Waals surface area (Å²) in [5, 5.41) is 3.08. The number of halogens is 1. The van der Waals surface area contributed by atoms with Crippen molar-refractivity contribution in [2.75, 3.05) is 13.2 Å². The van der Waals surface area contributed by atoms with Crippen LogP contribution in [0, 0.1) is 5.82 Å². The van der Waals surface area contributed by atoms with Crippen LogP contribution in [0.1, 0.15) is 19.7 Å². The number of carbonyl (C=O) groups excluding carboxylic acids is 1. The van der Waals surface area contributed by atoms with Gasteiger partial charge in [0.05, 0.1) is 30.2 Å². The molecule has 2 aromatic carbocycles. The lowest BCUT2D eigenvalue weighted by Crippen LogP contribution is -2.38. The zero-order valence-corrected chi connectivity index (χ0v) is 16.5. The summed E-state index contributed by atoms with van der Waals surface area (Å²) in [6, 6.07) is 11.0. The average molecular weight is 400 g/mol. The Bertz CT molecular complexity index is 972. The number of nitrogens with two attached hydrogens (primary N) is 1. The minimum atomic E-state index is -0.465. The van der Waals surface area contributed by atoms with E-state index in [0.717, 1.165) is 16.9 Å². The van der Waals surface area contributed by atoms with Crippen LogP contribution in [0.5, 0.6) is 11.5 Å². The van der Waals surface area contributed by atoms with Crippen LogP contribution in [0.4, 0.5) is 4.39 Å². The zero-order chi connectivity index (χ0) is 20.8. The largest absolute Gasteiger partial charge is 0.457 e. The number of primary amides is 1. The van der Waals surface area contributed by atoms with Crippen LogP contribution in [0.15, 0.2) is 42.5 Å². The number of amides is 1. The standard InChI is InChI=1S/C21H25FN4O3/c1-3-28-11-10-26-19-12-17(29-16-6-4-15(22)5-7-16)8-9-18(19)25-20(26)13-24-14(2)21(23)27/h4-9,12,14,24H,3,10-11,13H2,1-2H3,(H2,23,27). The first kappa shape index (κ1) is 20.8. The molecule has 3 N–H and O–H groups in total. The summed E-state index contributed by atoms with van der Waals surface area (Å²) in [7, 11) is 0. The van der Waals surface area contributed by atoms with E-state index < -0.39 is 11.9 Å². The van der Waals surface area contributed by atoms with E-state index in [-0.39, 0.29) is 5.82 Å². The SMILES string of the molecule is CCOCCn1c(CNC(C)C(N)=O)nc2ccc(Oc3ccc(F)cc3)cc21. The van der Waals surface area contributed by atoms with E-state index in [1.165, 1.54) is 12.1 Å². The molecule has 29 heavy (non-hydrogen) atoms. The van der Waals surface area contributed by atoms with Crippen LogP contribution < -0.4 is 15.8 Å². The van der Waals surface area contributed by atoms with Crippen molar-refractivity contribution in [3.8, 4) is 11.5 Å². The van der Waals surface area contributed by atoms with Gasteiger partial charge in [-0.05, 0) is 50.2 Å². The highest BCUT2D eigenvalue weighted by Gasteiger charge is 2.14. The maximum Gasteiger partial charge on any atom is 0.234 e. The van der Waals surface area contributed by atoms with Crippen molar-refractivity contribution in [2.45, 2.75) is 33.0 Å². The van der Waals surface area contributed by atoms with E-state index in [2.05, 4.69) is 10.3 Å². The molecule has 0 saturated heterocycles. The van der Waals surface area contributed by atoms with Gasteiger partial charge in [-0.2, -0.15) is 0 Å². The molecule has 8 heteroatoms. The van der Waals surface area contributed by atoms with Gasteiger partial charge in [-0.1, -0.05) is 0 Å². The molecular weight excluding hydrogens is 375 g/mol. The first-order valence-corrected chi connectivity index (χ1v) is 9.51. The van der Waals surface area contributed by atoms with E-state index in [4.69, 9.17) is 15.2 Å². The minimum Gasteiger partial charge on any atom is -0.457 e. The monoisotopic (exact) mass is 400 g/mol. The third kappa shape index (κ3) is 5.30. The molecule has 1 heterocycles. The number of nitrogens with zero attached hydrogens (tertiary/aromatic N) is 2. The van der Waals surface area contributed by atoms with E-state index in [1.54, 1.807) is 19.1 Å². The average Bonchev–Trinajstić information content (AvgIpc) is 3.05. The maximum atomic E-state index is 13.1. The molecule has 3 rings (SSSR count). The van der Waals surface area contributed by atoms with Gasteiger partial charge in [0, 0.05) is 19.2 Å². The molecule has 1 unspecified atom stereocenters. The fraction of sp³-hybridized carbons (Fsp3) is 0.333. The van der Waals surface area contributed by atoms with Gasteiger partial charge in [-0.3, -0.25) is 10.1 Å². The van der Waals surface area contributed by atoms with Gasteiger partial charge in [-0.15, -0.1) is 0 Å². The molecule has 0 aliphatic heterocycles. The smallest absolute Gasteiger partial charge is 0.234 e. The van der Waals surface area contributed by atoms with Crippen molar-refractivity contribution in [3.63, 3.8) is 0 Å². The molecule has 0 spiro atoms. The normalized spacial score (nSPS) is 12.2. The molecule has 0 aliphatic carbocycles. The highest BCUT2D eigenvalue weighted by molar-refractivity contribution is 5.79. The molecule has 1 atom stereocenters. The fourth-order valence-electron chi connectivity index (χ4n) is 2.88. The Hall–Kier alpha value is -2.97. The van der Waals surface area contributed by atoms with Crippen molar-refractivity contribution >= 4 is 16.9 Å². The first-order chi connectivity index (χ1) is 14.0. The topological polar surface area (TPSA) is 91.4 Å². The molecule has 1 amide bonds. The van der Waals surface area contributed by atoms with Gasteiger partial charge in [0.1, 0.15) is 23.1 Å². The molecule has 0 radical (unpaired) electrons. The Morgan fingerprint density at radius 1 is 1.24 bits per heavy atom. The van der Waals surface area contributed by atoms with Crippen molar-refractivity contribution in [1.29, 1.82) is 0 Å². The van der Waals surface area contributed by atoms with Crippen LogP contribution in [0.3, 0.4) is 0 Å². The van der Waals surface area contributed by atoms with E-state index in [0.29, 0.717) is 37.8 Å². The number of ether oxygens (including phenoxy) is 2. The van der Waals surface area contributed by atoms with Crippen molar-refractivity contribution in [1.82, 2.24) is 14.9 Å². The highest BCUT2D eigenvalue weighted by Crippen LogP contribution is 2.26. The van der Waals surface area contributed by atoms with E-state index in [9.17, 15) is 9.18 Å². The summed E-state index contributed by atoms with van der Waals surface area (Å²) >= 11 is 0. The Morgan fingerprint density at radius 3 is 2.66 bits per heavy atom. The maximum absolute atomic E-state index is 13.1. The lowest BCUT2D eigenvalue weighted by Gasteiger charge is -2.13. The fourth-order valence-corrected chi connectivity index (χ4v) is 2.88. The van der Waals surface area contributed by atoms with Gasteiger partial charge in [0.15, 0.2) is 0 Å². The third-order valence-electron chi connectivity index (χ3n) is 4.50. The number of hydrogen-bond donors (Lipinski definition) is 2. The second kappa shape index (κ2) is 9.49. The number of imidazole rings is 1. The van der Waals surface area contributed by atoms with Gasteiger partial charge >= 0.3 is 0 Å². The van der Waals surface area contributed by atoms with Gasteiger partial charge < -0.3 is 19.8 Å². The number of aromatic nitrogens is 2. The van der Waals surface area contributed by atoms with E-state index in [1.807, 2.05) is 29.7 Å². The predicted molar refractivity (Wildman–Crippen MR) is 108 cm³/mol. The number of benzene rings is 2. The molecule has 154 valence electrons. The van der Waals surface area contributed by atoms with Gasteiger partial charge in [0.25, 0.3) is 0 Å². The van der Waals surface area contributed by atoms with Crippen LogP contribution >= 0.6 is 0 Å². The van der Waals surface area contributed by atoms with Gasteiger partial charge in [-0.25, -0.2) is 9.37 Å². The summed E-state index contributed by atoms with van der Waals surface area (Å²) < 4.78 is 26.5. The number of nitrogens with one attached hydrogen (secondary N) is 1. The number of fused-ring (bicyclic) bond motifs is 1. The molecule has 0 bridgehead atoms. The third-order valence-corrected chi connectivity index (χ3v) is 4.50. The number of rotatable bonds is 10. The lowest BCUT2D eigenvalue weighted by atomic mass is 10.3. The minimum absolute atomic E-state index is 0.316. The molecule has 7 nitrogen and oxygen atoms in total. The molecule has 0 saturated carbocycles. The summed E-state index contributed by atoms with van der Waals surface area (Å²) in [5.74, 6) is 1.20. The van der Waals surface area contributed by atoms with Crippen LogP contribution in [0.25, 0.3) is 11.0 Å². The highest BCUT2D eigenvalue weighted by atomic mass is 19.1. The summed E-state index contributed by atoms with van der Waals surface area (Å²) in [6.07, 6.45) is 0. The van der Waals surface area contributed by atoms with Crippen molar-refractivity contribution in [2.24, 2.45) is 5.73 Å². The zero-order valence-electron chi connectivity index (χ0n) is 16.5. The Labute approximate surface area is 168 Å².